The van der Waals surface area contributed by atoms with Crippen LogP contribution in [0.5, 0.6) is 11.5 Å². The second kappa shape index (κ2) is 20.0. The van der Waals surface area contributed by atoms with E-state index in [0.717, 1.165) is 62.9 Å². The molecule has 2 atom stereocenters. The number of aryl methyl sites for hydroxylation is 4. The van der Waals surface area contributed by atoms with E-state index in [2.05, 4.69) is 163 Å². The van der Waals surface area contributed by atoms with E-state index in [9.17, 15) is 5.11 Å². The van der Waals surface area contributed by atoms with E-state index in [4.69, 9.17) is 7.92 Å². The molecule has 0 fully saturated rings. The van der Waals surface area contributed by atoms with Gasteiger partial charge in [0.15, 0.2) is 0 Å². The number of allylic oxidation sites excluding steroid dienone is 2. The van der Waals surface area contributed by atoms with Crippen LogP contribution in [0, 0.1) is 19.8 Å². The van der Waals surface area contributed by atoms with Crippen molar-refractivity contribution in [2.45, 2.75) is 143 Å². The molecule has 1 N–H and O–H groups in total. The van der Waals surface area contributed by atoms with Crippen molar-refractivity contribution in [2.24, 2.45) is 9.41 Å². The van der Waals surface area contributed by atoms with Crippen molar-refractivity contribution in [3.8, 4) is 22.6 Å². The standard InChI is InChI=1S/C26H34Br2O2Si.C10H12.C8H11N.C6H8N.Mo/c1-26(2,3)31(4,5)30-25-21(28)15-17-11-7-9-13-19(17)23(25)22-18-12-8-6-10-16(18)14-20(27)24(22)29;1-10(2,3)9-7-5-4-6-8-9;1-6-4-3-5-7(2)8(6)9;1-5-3-4-6(2)7-5;/h14-15,29H,6-13H2,1-5H3;1,4-8H,2-3H3;3-6,8H,1-2H3;3-4H,1-2H3;/q;;;-1;. The molecule has 0 saturated carbocycles. The minimum Gasteiger partial charge on any atom is -0.665 e. The Morgan fingerprint density at radius 3 is 1.90 bits per heavy atom. The zero-order valence-corrected chi connectivity index (χ0v) is 42.9. The molecule has 3 aliphatic carbocycles. The van der Waals surface area contributed by atoms with E-state index < -0.39 is 26.2 Å². The molecule has 8 heteroatoms. The number of benzene rings is 3. The number of aromatic nitrogens is 1. The third-order valence-electron chi connectivity index (χ3n) is 12.2. The molecule has 7 rings (SSSR count). The van der Waals surface area contributed by atoms with Crippen LogP contribution in [0.1, 0.15) is 113 Å². The van der Waals surface area contributed by atoms with Crippen LogP contribution in [0.4, 0.5) is 0 Å². The van der Waals surface area contributed by atoms with Gasteiger partial charge in [-0.25, -0.2) is 0 Å². The third kappa shape index (κ3) is 11.5. The zero-order valence-electron chi connectivity index (χ0n) is 36.7. The van der Waals surface area contributed by atoms with Crippen molar-refractivity contribution in [1.82, 2.24) is 4.98 Å². The number of rotatable bonds is 6. The molecule has 3 aliphatic rings. The van der Waals surface area contributed by atoms with E-state index in [-0.39, 0.29) is 10.5 Å². The van der Waals surface area contributed by atoms with Crippen molar-refractivity contribution in [3.63, 3.8) is 0 Å². The maximum atomic E-state index is 11.4. The summed E-state index contributed by atoms with van der Waals surface area (Å²) in [6, 6.07) is 19.5. The fraction of sp³-hybridized carbons (Fsp3) is 0.460. The zero-order chi connectivity index (χ0) is 42.4. The van der Waals surface area contributed by atoms with Gasteiger partial charge in [-0.1, -0.05) is 46.8 Å². The number of halogens is 2. The van der Waals surface area contributed by atoms with Crippen molar-refractivity contribution in [1.29, 1.82) is 0 Å². The van der Waals surface area contributed by atoms with Crippen LogP contribution in [0.15, 0.2) is 90.8 Å². The number of nitrogens with zero attached hydrogens (tertiary/aromatic N) is 2. The maximum Gasteiger partial charge on any atom is -0.0607 e. The molecule has 1 heterocycles. The van der Waals surface area contributed by atoms with Gasteiger partial charge in [-0.3, -0.25) is 0 Å². The molecule has 1 aromatic heterocycles. The summed E-state index contributed by atoms with van der Waals surface area (Å²) in [7, 11) is -2.08. The SMILES string of the molecule is CC(C)(C)[Si](C)(C)Oc1c(Br)cc2c(c1-c1c(O)c(Br)cc3c1CCCC3)CCCC2.CC1=CC=CC(C)C1[N]=[Mo]=[CH]C(C)(C)c1ccccc1.Cc1ccc(C)[n-]1. The molecule has 0 bridgehead atoms. The van der Waals surface area contributed by atoms with Gasteiger partial charge in [-0.15, -0.1) is 0 Å². The van der Waals surface area contributed by atoms with Crippen LogP contribution >= 0.6 is 31.9 Å². The first-order chi connectivity index (χ1) is 27.3. The normalized spacial score (nSPS) is 17.6. The molecule has 2 unspecified atom stereocenters. The number of phenols is 1. The van der Waals surface area contributed by atoms with Gasteiger partial charge in [0, 0.05) is 11.1 Å². The molecule has 0 amide bonds. The van der Waals surface area contributed by atoms with Gasteiger partial charge in [-0.2, -0.15) is 11.4 Å². The fourth-order valence-electron chi connectivity index (χ4n) is 7.69. The van der Waals surface area contributed by atoms with E-state index in [1.807, 2.05) is 26.0 Å². The summed E-state index contributed by atoms with van der Waals surface area (Å²) in [6.45, 7) is 24.5. The van der Waals surface area contributed by atoms with Crippen molar-refractivity contribution < 1.29 is 27.5 Å². The molecule has 0 spiro atoms. The van der Waals surface area contributed by atoms with Crippen molar-refractivity contribution in [2.75, 3.05) is 0 Å². The second-order valence-electron chi connectivity index (χ2n) is 18.4. The molecule has 0 aliphatic heterocycles. The van der Waals surface area contributed by atoms with Crippen molar-refractivity contribution >= 4 is 44.6 Å². The fourth-order valence-corrected chi connectivity index (χ4v) is 12.2. The molecule has 3 aromatic carbocycles. The molecule has 312 valence electrons. The Morgan fingerprint density at radius 2 is 1.36 bits per heavy atom. The average molecular weight is 1010 g/mol. The molecule has 58 heavy (non-hydrogen) atoms. The second-order valence-corrected chi connectivity index (χ2v) is 26.5. The number of aromatic hydroxyl groups is 1. The predicted molar refractivity (Wildman–Crippen MR) is 253 cm³/mol. The summed E-state index contributed by atoms with van der Waals surface area (Å²) in [6.07, 6.45) is 15.7. The van der Waals surface area contributed by atoms with Gasteiger partial charge in [0.05, 0.1) is 8.95 Å². The molecular weight excluding hydrogens is 944 g/mol. The van der Waals surface area contributed by atoms with Gasteiger partial charge in [0.1, 0.15) is 11.5 Å². The van der Waals surface area contributed by atoms with E-state index in [0.29, 0.717) is 17.7 Å². The van der Waals surface area contributed by atoms with Crippen LogP contribution in [0.2, 0.25) is 18.1 Å². The summed E-state index contributed by atoms with van der Waals surface area (Å²) in [4.78, 5) is 4.11. The minimum atomic E-state index is -2.08. The Labute approximate surface area is 376 Å². The number of fused-ring (bicyclic) bond motifs is 2. The van der Waals surface area contributed by atoms with Crippen LogP contribution in [0.3, 0.4) is 0 Å². The third-order valence-corrected chi connectivity index (χ3v) is 20.3. The topological polar surface area (TPSA) is 55.9 Å². The molecule has 4 aromatic rings. The maximum absolute atomic E-state index is 11.4. The predicted octanol–water partition coefficient (Wildman–Crippen LogP) is 14.5. The Hall–Kier alpha value is -2.44. The first-order valence-electron chi connectivity index (χ1n) is 21.1. The van der Waals surface area contributed by atoms with Crippen molar-refractivity contribution in [3.05, 3.63) is 127 Å². The summed E-state index contributed by atoms with van der Waals surface area (Å²) in [5.41, 5.74) is 12.7. The average Bonchev–Trinajstić information content (AvgIpc) is 3.56. The Morgan fingerprint density at radius 1 is 0.810 bits per heavy atom. The molecular formula is C50H65Br2MoN2O2Si-. The Kier molecular flexibility index (Phi) is 16.0. The summed E-state index contributed by atoms with van der Waals surface area (Å²) in [5, 5.41) is 11.5. The van der Waals surface area contributed by atoms with Gasteiger partial charge in [0.25, 0.3) is 8.32 Å². The van der Waals surface area contributed by atoms with E-state index >= 15 is 0 Å². The minimum absolute atomic E-state index is 0.0956. The summed E-state index contributed by atoms with van der Waals surface area (Å²) >= 11 is 7.11. The van der Waals surface area contributed by atoms with Crippen LogP contribution in [-0.2, 0) is 49.0 Å². The van der Waals surface area contributed by atoms with Crippen LogP contribution < -0.4 is 9.41 Å². The monoisotopic (exact) mass is 1010 g/mol. The van der Waals surface area contributed by atoms with Crippen LogP contribution in [0.25, 0.3) is 11.1 Å². The smallest absolute Gasteiger partial charge is 0.0607 e. The first-order valence-corrected chi connectivity index (χ1v) is 27.6. The number of hydrogen-bond donors (Lipinski definition) is 1. The van der Waals surface area contributed by atoms with E-state index in [1.54, 1.807) is 0 Å². The summed E-state index contributed by atoms with van der Waals surface area (Å²) < 4.78 is 16.3. The largest absolute Gasteiger partial charge is 0.665 e. The Balaban J connectivity index is 0.000000201. The Bertz CT molecular complexity index is 2170. The number of hydrogen-bond acceptors (Lipinski definition) is 3. The van der Waals surface area contributed by atoms with Gasteiger partial charge < -0.3 is 14.5 Å². The van der Waals surface area contributed by atoms with E-state index in [1.165, 1.54) is 59.1 Å². The van der Waals surface area contributed by atoms with Crippen LogP contribution in [-0.4, -0.2) is 23.9 Å². The number of phenolic OH excluding ortho intramolecular Hbond substituents is 1. The summed E-state index contributed by atoms with van der Waals surface area (Å²) in [5.74, 6) is 1.85. The molecule has 0 radical (unpaired) electrons. The van der Waals surface area contributed by atoms with Gasteiger partial charge in [-0.05, 0) is 136 Å². The van der Waals surface area contributed by atoms with Gasteiger partial charge >= 0.3 is 131 Å². The first kappa shape index (κ1) is 46.6. The molecule has 0 saturated heterocycles. The molecule has 4 nitrogen and oxygen atoms in total. The quantitative estimate of drug-likeness (QED) is 0.196. The van der Waals surface area contributed by atoms with Gasteiger partial charge in [0.2, 0.25) is 0 Å².